The van der Waals surface area contributed by atoms with Crippen molar-refractivity contribution in [2.75, 3.05) is 13.1 Å². The highest BCUT2D eigenvalue weighted by Gasteiger charge is 2.74. The highest BCUT2D eigenvalue weighted by molar-refractivity contribution is 6.19. The third kappa shape index (κ3) is 2.21. The highest BCUT2D eigenvalue weighted by Crippen LogP contribution is 2.66. The lowest BCUT2D eigenvalue weighted by Crippen LogP contribution is -2.78. The predicted molar refractivity (Wildman–Crippen MR) is 123 cm³/mol. The average molecular weight is 463 g/mol. The molecule has 3 aliphatic carbocycles. The van der Waals surface area contributed by atoms with Gasteiger partial charge in [-0.3, -0.25) is 19.4 Å². The number of carbonyl (C=O) groups is 2. The number of hydrogen-bond acceptors (Lipinski definition) is 6. The standard InChI is InChI=1S/C27H30N2O5/c1-2-12-28-13-11-26-21-15-7-8-19(30)22(21)34-23(26)18(9-10-27(26,33)20(28)14-15)29-24(31)16-5-3-4-6-17(16)25(29)32/h2,7-8,18,20,23,30,33H,1,3-6,9-14H2/t18-,20+,23-,26-,27+/m0/s1. The molecule has 0 radical (unpaired) electrons. The molecule has 34 heavy (non-hydrogen) atoms. The Balaban J connectivity index is 1.38. The summed E-state index contributed by atoms with van der Waals surface area (Å²) in [6.45, 7) is 5.37. The van der Waals surface area contributed by atoms with Gasteiger partial charge in [0.25, 0.3) is 11.8 Å². The van der Waals surface area contributed by atoms with Crippen molar-refractivity contribution in [1.29, 1.82) is 0 Å². The number of carbonyl (C=O) groups excluding carboxylic acids is 2. The topological polar surface area (TPSA) is 90.3 Å². The molecule has 7 rings (SSSR count). The van der Waals surface area contributed by atoms with Gasteiger partial charge in [-0.1, -0.05) is 12.1 Å². The van der Waals surface area contributed by atoms with Crippen LogP contribution in [0.4, 0.5) is 0 Å². The number of piperidine rings is 1. The minimum atomic E-state index is -1.07. The summed E-state index contributed by atoms with van der Waals surface area (Å²) in [5.74, 6) is 0.145. The molecule has 1 aromatic carbocycles. The van der Waals surface area contributed by atoms with Crippen LogP contribution >= 0.6 is 0 Å². The van der Waals surface area contributed by atoms with Gasteiger partial charge < -0.3 is 14.9 Å². The number of benzene rings is 1. The van der Waals surface area contributed by atoms with E-state index in [2.05, 4.69) is 11.5 Å². The van der Waals surface area contributed by atoms with Crippen molar-refractivity contribution < 1.29 is 24.5 Å². The predicted octanol–water partition coefficient (Wildman–Crippen LogP) is 2.34. The summed E-state index contributed by atoms with van der Waals surface area (Å²) in [6, 6.07) is 3.05. The fourth-order valence-corrected chi connectivity index (χ4v) is 8.32. The number of amides is 2. The van der Waals surface area contributed by atoms with E-state index in [1.807, 2.05) is 12.1 Å². The van der Waals surface area contributed by atoms with Crippen molar-refractivity contribution in [3.05, 3.63) is 47.1 Å². The van der Waals surface area contributed by atoms with Crippen LogP contribution in [-0.2, 0) is 21.4 Å². The zero-order chi connectivity index (χ0) is 23.4. The molecule has 1 saturated heterocycles. The van der Waals surface area contributed by atoms with Gasteiger partial charge in [-0.05, 0) is 69.5 Å². The van der Waals surface area contributed by atoms with Crippen LogP contribution in [0.1, 0.15) is 56.1 Å². The van der Waals surface area contributed by atoms with Gasteiger partial charge in [-0.25, -0.2) is 0 Å². The first-order valence-electron chi connectivity index (χ1n) is 12.6. The lowest BCUT2D eigenvalue weighted by atomic mass is 9.48. The third-order valence-corrected chi connectivity index (χ3v) is 9.66. The van der Waals surface area contributed by atoms with Crippen LogP contribution in [-0.4, -0.2) is 68.7 Å². The number of phenols is 1. The molecule has 3 aliphatic heterocycles. The van der Waals surface area contributed by atoms with E-state index in [1.54, 1.807) is 6.07 Å². The molecule has 2 fully saturated rings. The number of aromatic hydroxyl groups is 1. The molecule has 1 saturated carbocycles. The number of imide groups is 1. The van der Waals surface area contributed by atoms with Gasteiger partial charge in [0.05, 0.1) is 17.1 Å². The van der Waals surface area contributed by atoms with Crippen molar-refractivity contribution >= 4 is 11.8 Å². The second-order valence-corrected chi connectivity index (χ2v) is 10.9. The lowest BCUT2D eigenvalue weighted by molar-refractivity contribution is -0.199. The molecule has 7 heteroatoms. The molecule has 0 aromatic heterocycles. The van der Waals surface area contributed by atoms with Gasteiger partial charge in [0.2, 0.25) is 0 Å². The Morgan fingerprint density at radius 2 is 1.88 bits per heavy atom. The second-order valence-electron chi connectivity index (χ2n) is 10.9. The fraction of sp³-hybridized carbons (Fsp3) is 0.556. The minimum absolute atomic E-state index is 0.0621. The first kappa shape index (κ1) is 20.7. The van der Waals surface area contributed by atoms with Gasteiger partial charge in [0.1, 0.15) is 6.10 Å². The quantitative estimate of drug-likeness (QED) is 0.530. The molecule has 178 valence electrons. The molecule has 2 N–H and O–H groups in total. The molecule has 3 heterocycles. The maximum absolute atomic E-state index is 13.5. The zero-order valence-electron chi connectivity index (χ0n) is 19.3. The van der Waals surface area contributed by atoms with Crippen molar-refractivity contribution in [2.45, 2.75) is 80.6 Å². The molecule has 1 spiro atoms. The van der Waals surface area contributed by atoms with Crippen LogP contribution in [0.25, 0.3) is 0 Å². The molecule has 1 aromatic rings. The van der Waals surface area contributed by atoms with Crippen LogP contribution in [0.15, 0.2) is 35.9 Å². The van der Waals surface area contributed by atoms with Gasteiger partial charge in [0.15, 0.2) is 11.5 Å². The summed E-state index contributed by atoms with van der Waals surface area (Å²) in [5.41, 5.74) is 1.50. The Hall–Kier alpha value is -2.64. The average Bonchev–Trinajstić information content (AvgIpc) is 3.31. The number of rotatable bonds is 3. The minimum Gasteiger partial charge on any atom is -0.504 e. The van der Waals surface area contributed by atoms with Gasteiger partial charge in [0, 0.05) is 29.3 Å². The zero-order valence-corrected chi connectivity index (χ0v) is 19.3. The molecule has 5 atom stereocenters. The number of nitrogens with zero attached hydrogens (tertiary/aromatic N) is 2. The summed E-state index contributed by atoms with van der Waals surface area (Å²) in [6.07, 6.45) is 6.78. The molecular weight excluding hydrogens is 432 g/mol. The van der Waals surface area contributed by atoms with Crippen LogP contribution in [0.5, 0.6) is 11.5 Å². The van der Waals surface area contributed by atoms with Crippen molar-refractivity contribution in [2.24, 2.45) is 0 Å². The highest BCUT2D eigenvalue weighted by atomic mass is 16.5. The summed E-state index contributed by atoms with van der Waals surface area (Å²) < 4.78 is 6.53. The van der Waals surface area contributed by atoms with Gasteiger partial charge in [-0.2, -0.15) is 0 Å². The SMILES string of the molecule is C=CCN1CC[C@]23c4c5ccc(O)c4O[C@H]2[C@@H](N2C(=O)C4=C(CCCC4)C2=O)CC[C@@]3(O)[C@H]1C5. The van der Waals surface area contributed by atoms with E-state index in [4.69, 9.17) is 4.74 Å². The largest absolute Gasteiger partial charge is 0.504 e. The Kier molecular flexibility index (Phi) is 4.10. The number of aliphatic hydroxyl groups is 1. The number of ether oxygens (including phenoxy) is 1. The van der Waals surface area contributed by atoms with Crippen molar-refractivity contribution in [3.8, 4) is 11.5 Å². The van der Waals surface area contributed by atoms with Crippen LogP contribution in [0, 0.1) is 0 Å². The fourth-order valence-electron chi connectivity index (χ4n) is 8.32. The van der Waals surface area contributed by atoms with Crippen molar-refractivity contribution in [3.63, 3.8) is 0 Å². The third-order valence-electron chi connectivity index (χ3n) is 9.66. The summed E-state index contributed by atoms with van der Waals surface area (Å²) in [7, 11) is 0. The molecule has 6 aliphatic rings. The van der Waals surface area contributed by atoms with E-state index < -0.39 is 23.2 Å². The van der Waals surface area contributed by atoms with Crippen LogP contribution in [0.2, 0.25) is 0 Å². The van der Waals surface area contributed by atoms with E-state index in [1.165, 1.54) is 4.90 Å². The Morgan fingerprint density at radius 3 is 2.59 bits per heavy atom. The van der Waals surface area contributed by atoms with Gasteiger partial charge >= 0.3 is 0 Å². The molecule has 7 nitrogen and oxygen atoms in total. The lowest BCUT2D eigenvalue weighted by Gasteiger charge is -2.64. The number of likely N-dealkylation sites (tertiary alicyclic amines) is 1. The maximum Gasteiger partial charge on any atom is 0.257 e. The van der Waals surface area contributed by atoms with E-state index >= 15 is 0 Å². The number of phenolic OH excluding ortho intramolecular Hbond substituents is 1. The normalized spacial score (nSPS) is 38.0. The Morgan fingerprint density at radius 1 is 1.15 bits per heavy atom. The number of hydrogen-bond donors (Lipinski definition) is 2. The Bertz CT molecular complexity index is 1160. The monoisotopic (exact) mass is 462 g/mol. The first-order valence-corrected chi connectivity index (χ1v) is 12.6. The molecule has 0 unspecified atom stereocenters. The first-order chi connectivity index (χ1) is 16.4. The second kappa shape index (κ2) is 6.73. The van der Waals surface area contributed by atoms with Crippen LogP contribution in [0.3, 0.4) is 0 Å². The molecule has 2 bridgehead atoms. The summed E-state index contributed by atoms with van der Waals surface area (Å²) >= 11 is 0. The summed E-state index contributed by atoms with van der Waals surface area (Å²) in [4.78, 5) is 30.7. The smallest absolute Gasteiger partial charge is 0.257 e. The molecule has 2 amide bonds. The Labute approximate surface area is 198 Å². The van der Waals surface area contributed by atoms with Crippen molar-refractivity contribution in [1.82, 2.24) is 9.80 Å². The van der Waals surface area contributed by atoms with E-state index in [-0.39, 0.29) is 23.6 Å². The van der Waals surface area contributed by atoms with E-state index in [0.29, 0.717) is 62.0 Å². The van der Waals surface area contributed by atoms with E-state index in [0.717, 1.165) is 30.5 Å². The molecular formula is C27H30N2O5. The van der Waals surface area contributed by atoms with Crippen LogP contribution < -0.4 is 4.74 Å². The van der Waals surface area contributed by atoms with E-state index in [9.17, 15) is 19.8 Å². The van der Waals surface area contributed by atoms with Gasteiger partial charge in [-0.15, -0.1) is 6.58 Å². The summed E-state index contributed by atoms with van der Waals surface area (Å²) in [5, 5.41) is 23.2. The maximum atomic E-state index is 13.5.